The van der Waals surface area contributed by atoms with Gasteiger partial charge < -0.3 is 15.2 Å². The van der Waals surface area contributed by atoms with E-state index in [1.54, 1.807) is 6.92 Å². The molecule has 1 aliphatic rings. The van der Waals surface area contributed by atoms with Crippen LogP contribution in [0.25, 0.3) is 0 Å². The van der Waals surface area contributed by atoms with Crippen LogP contribution in [0.15, 0.2) is 24.3 Å². The summed E-state index contributed by atoms with van der Waals surface area (Å²) in [7, 11) is 0. The van der Waals surface area contributed by atoms with Crippen molar-refractivity contribution in [3.05, 3.63) is 29.8 Å². The molecule has 1 saturated heterocycles. The average molecular weight is 334 g/mol. The normalized spacial score (nSPS) is 16.7. The van der Waals surface area contributed by atoms with E-state index in [1.807, 2.05) is 12.1 Å². The van der Waals surface area contributed by atoms with E-state index >= 15 is 0 Å². The van der Waals surface area contributed by atoms with Gasteiger partial charge in [0.15, 0.2) is 0 Å². The molecule has 1 heterocycles. The molecule has 5 heteroatoms. The van der Waals surface area contributed by atoms with E-state index < -0.39 is 6.10 Å². The maximum absolute atomic E-state index is 11.9. The Morgan fingerprint density at radius 1 is 1.29 bits per heavy atom. The summed E-state index contributed by atoms with van der Waals surface area (Å²) in [6.45, 7) is 9.54. The smallest absolute Gasteiger partial charge is 0.225 e. The van der Waals surface area contributed by atoms with Crippen LogP contribution >= 0.6 is 0 Å². The molecule has 134 valence electrons. The number of nitrogens with one attached hydrogen (secondary N) is 1. The molecule has 1 aromatic rings. The summed E-state index contributed by atoms with van der Waals surface area (Å²) in [4.78, 5) is 14.1. The first kappa shape index (κ1) is 18.7. The lowest BCUT2D eigenvalue weighted by Gasteiger charge is -2.38. The predicted molar refractivity (Wildman–Crippen MR) is 94.8 cm³/mol. The first-order chi connectivity index (χ1) is 11.4. The maximum atomic E-state index is 11.9. The summed E-state index contributed by atoms with van der Waals surface area (Å²) in [5.74, 6) is 1.66. The third kappa shape index (κ3) is 6.13. The van der Waals surface area contributed by atoms with E-state index in [0.29, 0.717) is 12.5 Å². The number of rotatable bonds is 9. The van der Waals surface area contributed by atoms with Gasteiger partial charge in [0, 0.05) is 26.2 Å². The Bertz CT molecular complexity index is 508. The lowest BCUT2D eigenvalue weighted by atomic mass is 9.98. The van der Waals surface area contributed by atoms with Crippen LogP contribution in [0.1, 0.15) is 32.8 Å². The van der Waals surface area contributed by atoms with Crippen LogP contribution in [0.3, 0.4) is 0 Å². The Labute approximate surface area is 145 Å². The van der Waals surface area contributed by atoms with Crippen molar-refractivity contribution in [3.63, 3.8) is 0 Å². The van der Waals surface area contributed by atoms with Crippen molar-refractivity contribution in [3.8, 4) is 5.75 Å². The predicted octanol–water partition coefficient (Wildman–Crippen LogP) is 2.04. The molecule has 5 nitrogen and oxygen atoms in total. The van der Waals surface area contributed by atoms with Gasteiger partial charge in [0.05, 0.1) is 18.6 Å². The van der Waals surface area contributed by atoms with Gasteiger partial charge in [-0.2, -0.15) is 0 Å². The number of carbonyl (C=O) groups is 1. The fourth-order valence-electron chi connectivity index (χ4n) is 2.62. The van der Waals surface area contributed by atoms with Crippen LogP contribution in [0.5, 0.6) is 5.75 Å². The zero-order valence-corrected chi connectivity index (χ0v) is 15.0. The number of aliphatic hydroxyl groups is 1. The van der Waals surface area contributed by atoms with E-state index in [0.717, 1.165) is 38.4 Å². The van der Waals surface area contributed by atoms with Crippen molar-refractivity contribution < 1.29 is 14.6 Å². The van der Waals surface area contributed by atoms with Gasteiger partial charge in [-0.25, -0.2) is 0 Å². The molecule has 0 aromatic heterocycles. The minimum Gasteiger partial charge on any atom is -0.494 e. The van der Waals surface area contributed by atoms with E-state index in [4.69, 9.17) is 4.74 Å². The number of likely N-dealkylation sites (tertiary alicyclic amines) is 1. The molecule has 24 heavy (non-hydrogen) atoms. The van der Waals surface area contributed by atoms with Crippen LogP contribution < -0.4 is 10.1 Å². The number of amides is 1. The fraction of sp³-hybridized carbons (Fsp3) is 0.632. The van der Waals surface area contributed by atoms with Gasteiger partial charge in [0.1, 0.15) is 5.75 Å². The van der Waals surface area contributed by atoms with E-state index in [9.17, 15) is 9.90 Å². The quantitative estimate of drug-likeness (QED) is 0.725. The monoisotopic (exact) mass is 334 g/mol. The summed E-state index contributed by atoms with van der Waals surface area (Å²) in [6, 6.07) is 8.21. The number of carbonyl (C=O) groups excluding carboxylic acids is 1. The second-order valence-electron chi connectivity index (χ2n) is 7.16. The highest BCUT2D eigenvalue weighted by atomic mass is 16.5. The molecule has 0 saturated carbocycles. The molecule has 0 radical (unpaired) electrons. The van der Waals surface area contributed by atoms with E-state index in [1.165, 1.54) is 5.56 Å². The number of aliphatic hydroxyl groups excluding tert-OH is 1. The van der Waals surface area contributed by atoms with Crippen molar-refractivity contribution in [1.29, 1.82) is 0 Å². The first-order valence-corrected chi connectivity index (χ1v) is 8.84. The number of ether oxygens (including phenoxy) is 1. The molecule has 0 unspecified atom stereocenters. The van der Waals surface area contributed by atoms with Crippen LogP contribution in [-0.2, 0) is 11.3 Å². The Hall–Kier alpha value is -1.59. The Morgan fingerprint density at radius 2 is 1.96 bits per heavy atom. The van der Waals surface area contributed by atoms with Crippen LogP contribution in [-0.4, -0.2) is 48.3 Å². The number of hydrogen-bond acceptors (Lipinski definition) is 4. The third-order valence-corrected chi connectivity index (χ3v) is 4.19. The van der Waals surface area contributed by atoms with Gasteiger partial charge in [-0.05, 0) is 37.0 Å². The highest BCUT2D eigenvalue weighted by Crippen LogP contribution is 2.20. The third-order valence-electron chi connectivity index (χ3n) is 4.19. The van der Waals surface area contributed by atoms with Gasteiger partial charge >= 0.3 is 0 Å². The summed E-state index contributed by atoms with van der Waals surface area (Å²) >= 11 is 0. The molecule has 2 rings (SSSR count). The number of benzene rings is 1. The molecule has 1 fully saturated rings. The lowest BCUT2D eigenvalue weighted by molar-refractivity contribution is -0.130. The van der Waals surface area contributed by atoms with Gasteiger partial charge in [-0.1, -0.05) is 26.0 Å². The maximum Gasteiger partial charge on any atom is 0.225 e. The van der Waals surface area contributed by atoms with Gasteiger partial charge in [-0.3, -0.25) is 9.69 Å². The first-order valence-electron chi connectivity index (χ1n) is 8.84. The number of nitrogens with zero attached hydrogens (tertiary/aromatic N) is 1. The van der Waals surface area contributed by atoms with Crippen molar-refractivity contribution in [2.45, 2.75) is 39.8 Å². The second-order valence-corrected chi connectivity index (χ2v) is 7.16. The minimum absolute atomic E-state index is 0.0426. The zero-order chi connectivity index (χ0) is 17.5. The SMILES string of the molecule is CC(C)CCOc1ccc(CN2CC(C(=O)NC[C@@H](C)O)C2)cc1. The standard InChI is InChI=1S/C19H30N2O3/c1-14(2)8-9-24-18-6-4-16(5-7-18)11-21-12-17(13-21)19(23)20-10-15(3)22/h4-7,14-15,17,22H,8-13H2,1-3H3,(H,20,23)/t15-/m1/s1. The van der Waals surface area contributed by atoms with Crippen molar-refractivity contribution in [2.24, 2.45) is 11.8 Å². The Morgan fingerprint density at radius 3 is 2.54 bits per heavy atom. The number of hydrogen-bond donors (Lipinski definition) is 2. The Kier molecular flexibility index (Phi) is 7.06. The van der Waals surface area contributed by atoms with Crippen LogP contribution in [0, 0.1) is 11.8 Å². The van der Waals surface area contributed by atoms with E-state index in [-0.39, 0.29) is 11.8 Å². The van der Waals surface area contributed by atoms with Crippen molar-refractivity contribution in [1.82, 2.24) is 10.2 Å². The topological polar surface area (TPSA) is 61.8 Å². The van der Waals surface area contributed by atoms with Crippen LogP contribution in [0.2, 0.25) is 0 Å². The highest BCUT2D eigenvalue weighted by molar-refractivity contribution is 5.80. The van der Waals surface area contributed by atoms with Gasteiger partial charge in [-0.15, -0.1) is 0 Å². The molecular weight excluding hydrogens is 304 g/mol. The van der Waals surface area contributed by atoms with Crippen molar-refractivity contribution >= 4 is 5.91 Å². The van der Waals surface area contributed by atoms with E-state index in [2.05, 4.69) is 36.2 Å². The molecule has 2 N–H and O–H groups in total. The van der Waals surface area contributed by atoms with Crippen molar-refractivity contribution in [2.75, 3.05) is 26.2 Å². The molecule has 1 aromatic carbocycles. The molecule has 0 spiro atoms. The second kappa shape index (κ2) is 9.04. The molecule has 1 amide bonds. The average Bonchev–Trinajstić information content (AvgIpc) is 2.49. The zero-order valence-electron chi connectivity index (χ0n) is 15.0. The summed E-state index contributed by atoms with van der Waals surface area (Å²) < 4.78 is 5.72. The molecular formula is C19H30N2O3. The van der Waals surface area contributed by atoms with Gasteiger partial charge in [0.25, 0.3) is 0 Å². The molecule has 1 aliphatic heterocycles. The minimum atomic E-state index is -0.494. The molecule has 0 aliphatic carbocycles. The summed E-state index contributed by atoms with van der Waals surface area (Å²) in [5, 5.41) is 12.0. The lowest BCUT2D eigenvalue weighted by Crippen LogP contribution is -2.53. The molecule has 1 atom stereocenters. The fourth-order valence-corrected chi connectivity index (χ4v) is 2.62. The Balaban J connectivity index is 1.67. The summed E-state index contributed by atoms with van der Waals surface area (Å²) in [5.41, 5.74) is 1.23. The summed E-state index contributed by atoms with van der Waals surface area (Å²) in [6.07, 6.45) is 0.569. The largest absolute Gasteiger partial charge is 0.494 e. The van der Waals surface area contributed by atoms with Gasteiger partial charge in [0.2, 0.25) is 5.91 Å². The highest BCUT2D eigenvalue weighted by Gasteiger charge is 2.32. The molecule has 0 bridgehead atoms. The van der Waals surface area contributed by atoms with Crippen LogP contribution in [0.4, 0.5) is 0 Å².